The van der Waals surface area contributed by atoms with Crippen LogP contribution in [0, 0.1) is 5.92 Å². The Labute approximate surface area is 169 Å². The minimum atomic E-state index is 0.0191. The number of para-hydroxylation sites is 1. The number of benzene rings is 2. The van der Waals surface area contributed by atoms with Crippen molar-refractivity contribution in [3.8, 4) is 0 Å². The third-order valence-electron chi connectivity index (χ3n) is 5.99. The van der Waals surface area contributed by atoms with Gasteiger partial charge in [0, 0.05) is 44.3 Å². The number of amides is 1. The van der Waals surface area contributed by atoms with Gasteiger partial charge >= 0.3 is 0 Å². The first-order valence-corrected chi connectivity index (χ1v) is 10.9. The molecule has 1 aliphatic rings. The Morgan fingerprint density at radius 1 is 1.18 bits per heavy atom. The molecule has 1 atom stereocenters. The standard InChI is InChI=1S/C24H24N2OS/c1-3-26-21-7-5-4-6-17(21)19-13-16(9-11-22(19)26)25-24(27)20-14-28-23-12-15(2)8-10-18(20)23/h4-7,9,11,13-15H,3,8,10,12H2,1-2H3,(H,25,27)/t15-/m1/s1. The summed E-state index contributed by atoms with van der Waals surface area (Å²) < 4.78 is 2.33. The minimum Gasteiger partial charge on any atom is -0.341 e. The molecule has 4 heteroatoms. The normalized spacial score (nSPS) is 16.4. The van der Waals surface area contributed by atoms with Crippen LogP contribution >= 0.6 is 11.3 Å². The van der Waals surface area contributed by atoms with Gasteiger partial charge in [0.05, 0.1) is 5.56 Å². The zero-order valence-corrected chi connectivity index (χ0v) is 17.1. The van der Waals surface area contributed by atoms with Crippen molar-refractivity contribution in [3.63, 3.8) is 0 Å². The molecule has 0 radical (unpaired) electrons. The second-order valence-corrected chi connectivity index (χ2v) is 8.81. The number of carbonyl (C=O) groups excluding carboxylic acids is 1. The number of nitrogens with zero attached hydrogens (tertiary/aromatic N) is 1. The number of aryl methyl sites for hydroxylation is 1. The van der Waals surface area contributed by atoms with Crippen LogP contribution in [-0.4, -0.2) is 10.5 Å². The van der Waals surface area contributed by atoms with Crippen molar-refractivity contribution in [1.82, 2.24) is 4.57 Å². The van der Waals surface area contributed by atoms with Gasteiger partial charge in [-0.25, -0.2) is 0 Å². The van der Waals surface area contributed by atoms with Crippen molar-refractivity contribution in [2.45, 2.75) is 39.7 Å². The van der Waals surface area contributed by atoms with Crippen LogP contribution in [0.5, 0.6) is 0 Å². The zero-order chi connectivity index (χ0) is 19.3. The second-order valence-electron chi connectivity index (χ2n) is 7.85. The van der Waals surface area contributed by atoms with Crippen molar-refractivity contribution < 1.29 is 4.79 Å². The third-order valence-corrected chi connectivity index (χ3v) is 7.04. The Bertz CT molecular complexity index is 1200. The smallest absolute Gasteiger partial charge is 0.256 e. The lowest BCUT2D eigenvalue weighted by atomic mass is 9.88. The lowest BCUT2D eigenvalue weighted by Gasteiger charge is -2.18. The first-order valence-electron chi connectivity index (χ1n) is 10.1. The molecule has 3 nitrogen and oxygen atoms in total. The summed E-state index contributed by atoms with van der Waals surface area (Å²) in [6.07, 6.45) is 3.30. The summed E-state index contributed by atoms with van der Waals surface area (Å²) in [4.78, 5) is 14.4. The maximum atomic E-state index is 13.0. The van der Waals surface area contributed by atoms with Crippen LogP contribution in [0.1, 0.15) is 41.1 Å². The minimum absolute atomic E-state index is 0.0191. The molecule has 0 bridgehead atoms. The highest BCUT2D eigenvalue weighted by molar-refractivity contribution is 7.10. The van der Waals surface area contributed by atoms with E-state index in [4.69, 9.17) is 0 Å². The van der Waals surface area contributed by atoms with Crippen LogP contribution in [0.4, 0.5) is 5.69 Å². The Morgan fingerprint density at radius 2 is 2.00 bits per heavy atom. The summed E-state index contributed by atoms with van der Waals surface area (Å²) in [5, 5.41) is 7.61. The monoisotopic (exact) mass is 388 g/mol. The summed E-state index contributed by atoms with van der Waals surface area (Å²) in [6.45, 7) is 5.39. The summed E-state index contributed by atoms with van der Waals surface area (Å²) in [5.41, 5.74) is 5.45. The quantitative estimate of drug-likeness (QED) is 0.442. The molecule has 4 aromatic rings. The van der Waals surface area contributed by atoms with Gasteiger partial charge in [-0.2, -0.15) is 0 Å². The van der Waals surface area contributed by atoms with Gasteiger partial charge in [0.15, 0.2) is 0 Å². The molecule has 0 fully saturated rings. The molecule has 2 aromatic carbocycles. The number of hydrogen-bond donors (Lipinski definition) is 1. The molecule has 28 heavy (non-hydrogen) atoms. The fourth-order valence-corrected chi connectivity index (χ4v) is 5.78. The van der Waals surface area contributed by atoms with Gasteiger partial charge in [0.2, 0.25) is 0 Å². The second kappa shape index (κ2) is 6.78. The molecule has 142 valence electrons. The fraction of sp³-hybridized carbons (Fsp3) is 0.292. The number of hydrogen-bond acceptors (Lipinski definition) is 2. The molecule has 2 aromatic heterocycles. The number of rotatable bonds is 3. The van der Waals surface area contributed by atoms with Crippen LogP contribution in [0.3, 0.4) is 0 Å². The first kappa shape index (κ1) is 17.5. The number of thiophene rings is 1. The van der Waals surface area contributed by atoms with E-state index in [1.165, 1.54) is 38.7 Å². The van der Waals surface area contributed by atoms with E-state index in [0.29, 0.717) is 0 Å². The van der Waals surface area contributed by atoms with E-state index in [9.17, 15) is 4.79 Å². The van der Waals surface area contributed by atoms with Crippen LogP contribution in [-0.2, 0) is 19.4 Å². The molecule has 0 saturated carbocycles. The lowest BCUT2D eigenvalue weighted by Crippen LogP contribution is -2.16. The van der Waals surface area contributed by atoms with Crippen molar-refractivity contribution in [3.05, 3.63) is 63.8 Å². The molecule has 0 aliphatic heterocycles. The average Bonchev–Trinajstić information content (AvgIpc) is 3.26. The van der Waals surface area contributed by atoms with E-state index < -0.39 is 0 Å². The topological polar surface area (TPSA) is 34.0 Å². The van der Waals surface area contributed by atoms with Crippen LogP contribution in [0.2, 0.25) is 0 Å². The maximum absolute atomic E-state index is 13.0. The van der Waals surface area contributed by atoms with Crippen molar-refractivity contribution in [2.24, 2.45) is 5.92 Å². The molecule has 1 aliphatic carbocycles. The Morgan fingerprint density at radius 3 is 2.86 bits per heavy atom. The summed E-state index contributed by atoms with van der Waals surface area (Å²) in [5.74, 6) is 0.742. The van der Waals surface area contributed by atoms with Crippen LogP contribution in [0.15, 0.2) is 47.8 Å². The Hall–Kier alpha value is -2.59. The number of fused-ring (bicyclic) bond motifs is 4. The van der Waals surface area contributed by atoms with Gasteiger partial charge in [0.1, 0.15) is 0 Å². The molecular weight excluding hydrogens is 364 g/mol. The van der Waals surface area contributed by atoms with Gasteiger partial charge in [-0.3, -0.25) is 4.79 Å². The lowest BCUT2D eigenvalue weighted by molar-refractivity contribution is 0.102. The van der Waals surface area contributed by atoms with Gasteiger partial charge in [0.25, 0.3) is 5.91 Å². The van der Waals surface area contributed by atoms with Gasteiger partial charge < -0.3 is 9.88 Å². The SMILES string of the molecule is CCn1c2ccccc2c2cc(NC(=O)c3csc4c3CC[C@@H](C)C4)ccc21. The molecule has 1 N–H and O–H groups in total. The third kappa shape index (κ3) is 2.75. The van der Waals surface area contributed by atoms with E-state index in [0.717, 1.165) is 36.6 Å². The molecule has 0 spiro atoms. The maximum Gasteiger partial charge on any atom is 0.256 e. The van der Waals surface area contributed by atoms with E-state index >= 15 is 0 Å². The summed E-state index contributed by atoms with van der Waals surface area (Å²) >= 11 is 1.74. The average molecular weight is 389 g/mol. The zero-order valence-electron chi connectivity index (χ0n) is 16.3. The molecule has 5 rings (SSSR count). The Balaban J connectivity index is 1.51. The van der Waals surface area contributed by atoms with Gasteiger partial charge in [-0.15, -0.1) is 11.3 Å². The highest BCUT2D eigenvalue weighted by Crippen LogP contribution is 2.34. The summed E-state index contributed by atoms with van der Waals surface area (Å²) in [7, 11) is 0. The van der Waals surface area contributed by atoms with E-state index in [2.05, 4.69) is 60.1 Å². The number of aromatic nitrogens is 1. The van der Waals surface area contributed by atoms with Crippen LogP contribution < -0.4 is 5.32 Å². The van der Waals surface area contributed by atoms with E-state index in [1.54, 1.807) is 11.3 Å². The highest BCUT2D eigenvalue weighted by atomic mass is 32.1. The van der Waals surface area contributed by atoms with Gasteiger partial charge in [-0.1, -0.05) is 25.1 Å². The fourth-order valence-electron chi connectivity index (χ4n) is 4.54. The van der Waals surface area contributed by atoms with Crippen LogP contribution in [0.25, 0.3) is 21.8 Å². The van der Waals surface area contributed by atoms with E-state index in [1.807, 2.05) is 11.4 Å². The molecule has 0 saturated heterocycles. The predicted octanol–water partition coefficient (Wildman–Crippen LogP) is 6.25. The highest BCUT2D eigenvalue weighted by Gasteiger charge is 2.23. The predicted molar refractivity (Wildman–Crippen MR) is 119 cm³/mol. The van der Waals surface area contributed by atoms with Crippen molar-refractivity contribution in [2.75, 3.05) is 5.32 Å². The Kier molecular flexibility index (Phi) is 4.24. The number of anilines is 1. The summed E-state index contributed by atoms with van der Waals surface area (Å²) in [6, 6.07) is 14.7. The first-order chi connectivity index (χ1) is 13.7. The molecular formula is C24H24N2OS. The molecule has 0 unspecified atom stereocenters. The van der Waals surface area contributed by atoms with Crippen molar-refractivity contribution >= 4 is 44.7 Å². The van der Waals surface area contributed by atoms with Crippen molar-refractivity contribution in [1.29, 1.82) is 0 Å². The molecule has 2 heterocycles. The largest absolute Gasteiger partial charge is 0.341 e. The number of carbonyl (C=O) groups is 1. The van der Waals surface area contributed by atoms with Gasteiger partial charge in [-0.05, 0) is 61.9 Å². The molecule has 1 amide bonds. The number of nitrogens with one attached hydrogen (secondary N) is 1. The van der Waals surface area contributed by atoms with E-state index in [-0.39, 0.29) is 5.91 Å².